The summed E-state index contributed by atoms with van der Waals surface area (Å²) in [6.07, 6.45) is 2.71. The zero-order valence-electron chi connectivity index (χ0n) is 10.8. The minimum absolute atomic E-state index is 0.148. The largest absolute Gasteiger partial charge is 0.462 e. The molecule has 18 heavy (non-hydrogen) atoms. The van der Waals surface area contributed by atoms with Crippen molar-refractivity contribution in [1.29, 1.82) is 0 Å². The fraction of sp³-hybridized carbons (Fsp3) is 0.833. The van der Waals surface area contributed by atoms with E-state index >= 15 is 0 Å². The Kier molecular flexibility index (Phi) is 11.5. The summed E-state index contributed by atoms with van der Waals surface area (Å²) < 4.78 is 10.6. The average molecular weight is 482 g/mol. The molecule has 2 unspecified atom stereocenters. The molecule has 0 aliphatic carbocycles. The van der Waals surface area contributed by atoms with Crippen molar-refractivity contribution in [3.05, 3.63) is 0 Å². The Bertz CT molecular complexity index is 232. The van der Waals surface area contributed by atoms with E-state index in [1.54, 1.807) is 0 Å². The smallest absolute Gasteiger partial charge is 0.306 e. The van der Waals surface area contributed by atoms with Crippen LogP contribution in [0.4, 0.5) is 0 Å². The van der Waals surface area contributed by atoms with E-state index in [1.165, 1.54) is 0 Å². The van der Waals surface area contributed by atoms with Crippen molar-refractivity contribution in [2.24, 2.45) is 0 Å². The fourth-order valence-corrected chi connectivity index (χ4v) is 1.80. The van der Waals surface area contributed by atoms with Gasteiger partial charge in [-0.2, -0.15) is 0 Å². The van der Waals surface area contributed by atoms with Crippen molar-refractivity contribution >= 4 is 57.1 Å². The molecule has 0 aliphatic rings. The Morgan fingerprint density at radius 3 is 1.50 bits per heavy atom. The minimum Gasteiger partial charge on any atom is -0.462 e. The number of hydrogen-bond acceptors (Lipinski definition) is 4. The van der Waals surface area contributed by atoms with Crippen LogP contribution in [0.25, 0.3) is 0 Å². The molecule has 0 radical (unpaired) electrons. The van der Waals surface area contributed by atoms with Crippen molar-refractivity contribution in [1.82, 2.24) is 0 Å². The summed E-state index contributed by atoms with van der Waals surface area (Å²) in [7, 11) is 0. The fourth-order valence-electron chi connectivity index (χ4n) is 1.08. The predicted octanol–water partition coefficient (Wildman–Crippen LogP) is 3.28. The number of halogens is 2. The third kappa shape index (κ3) is 10.3. The first kappa shape index (κ1) is 18.4. The Morgan fingerprint density at radius 1 is 0.889 bits per heavy atom. The maximum atomic E-state index is 11.3. The van der Waals surface area contributed by atoms with E-state index in [4.69, 9.17) is 9.47 Å². The molecular weight excluding hydrogens is 462 g/mol. The number of esters is 2. The third-order valence-corrected chi connectivity index (χ3v) is 4.91. The standard InChI is InChI=1S/C12H20I2O4/c1-3-9(13)7-11(15)17-5-6-18-12(16)8-10(14)4-2/h9-10H,3-8H2,1-2H3. The van der Waals surface area contributed by atoms with Crippen LogP contribution in [0, 0.1) is 0 Å². The zero-order chi connectivity index (χ0) is 14.0. The molecule has 0 aromatic heterocycles. The summed E-state index contributed by atoms with van der Waals surface area (Å²) >= 11 is 4.45. The van der Waals surface area contributed by atoms with Crippen molar-refractivity contribution in [2.75, 3.05) is 13.2 Å². The molecule has 0 amide bonds. The van der Waals surface area contributed by atoms with Crippen LogP contribution in [-0.4, -0.2) is 33.0 Å². The van der Waals surface area contributed by atoms with Crippen LogP contribution < -0.4 is 0 Å². The van der Waals surface area contributed by atoms with E-state index in [0.717, 1.165) is 12.8 Å². The van der Waals surface area contributed by atoms with Gasteiger partial charge in [0.25, 0.3) is 0 Å². The molecule has 0 saturated heterocycles. The Hall–Kier alpha value is 0.400. The highest BCUT2D eigenvalue weighted by Crippen LogP contribution is 2.11. The second kappa shape index (κ2) is 11.2. The van der Waals surface area contributed by atoms with Crippen molar-refractivity contribution in [3.63, 3.8) is 0 Å². The topological polar surface area (TPSA) is 52.6 Å². The van der Waals surface area contributed by atoms with Gasteiger partial charge in [-0.25, -0.2) is 0 Å². The van der Waals surface area contributed by atoms with E-state index in [0.29, 0.717) is 20.7 Å². The summed E-state index contributed by atoms with van der Waals surface area (Å²) in [5.41, 5.74) is 0. The average Bonchev–Trinajstić information content (AvgIpc) is 2.34. The van der Waals surface area contributed by atoms with Gasteiger partial charge in [0.15, 0.2) is 0 Å². The number of ether oxygens (including phenoxy) is 2. The molecule has 0 spiro atoms. The van der Waals surface area contributed by atoms with Crippen LogP contribution in [0.1, 0.15) is 39.5 Å². The highest BCUT2D eigenvalue weighted by Gasteiger charge is 2.11. The molecule has 0 saturated carbocycles. The van der Waals surface area contributed by atoms with Crippen LogP contribution in [0.2, 0.25) is 0 Å². The first-order valence-electron chi connectivity index (χ1n) is 6.08. The molecule has 0 aromatic carbocycles. The van der Waals surface area contributed by atoms with E-state index in [1.807, 2.05) is 13.8 Å². The highest BCUT2D eigenvalue weighted by molar-refractivity contribution is 14.1. The van der Waals surface area contributed by atoms with E-state index in [2.05, 4.69) is 45.2 Å². The van der Waals surface area contributed by atoms with Gasteiger partial charge in [-0.15, -0.1) is 0 Å². The predicted molar refractivity (Wildman–Crippen MR) is 87.4 cm³/mol. The molecule has 2 atom stereocenters. The van der Waals surface area contributed by atoms with Crippen LogP contribution in [0.3, 0.4) is 0 Å². The summed E-state index contributed by atoms with van der Waals surface area (Å²) in [5, 5.41) is 0. The van der Waals surface area contributed by atoms with Crippen LogP contribution >= 0.6 is 45.2 Å². The molecule has 106 valence electrons. The Labute approximate surface area is 136 Å². The highest BCUT2D eigenvalue weighted by atomic mass is 127. The summed E-state index contributed by atoms with van der Waals surface area (Å²) in [4.78, 5) is 22.6. The second-order valence-electron chi connectivity index (χ2n) is 3.86. The quantitative estimate of drug-likeness (QED) is 0.219. The van der Waals surface area contributed by atoms with E-state index in [-0.39, 0.29) is 25.2 Å². The summed E-state index contributed by atoms with van der Waals surface area (Å²) in [6.45, 7) is 4.35. The van der Waals surface area contributed by atoms with Gasteiger partial charge < -0.3 is 9.47 Å². The lowest BCUT2D eigenvalue weighted by Gasteiger charge is -2.09. The van der Waals surface area contributed by atoms with E-state index < -0.39 is 0 Å². The van der Waals surface area contributed by atoms with Gasteiger partial charge in [-0.05, 0) is 12.8 Å². The van der Waals surface area contributed by atoms with Crippen molar-refractivity contribution < 1.29 is 19.1 Å². The Morgan fingerprint density at radius 2 is 1.22 bits per heavy atom. The molecular formula is C12H20I2O4. The molecule has 0 heterocycles. The summed E-state index contributed by atoms with van der Waals surface area (Å²) in [5.74, 6) is -0.458. The number of carbonyl (C=O) groups excluding carboxylic acids is 2. The monoisotopic (exact) mass is 482 g/mol. The molecule has 0 fully saturated rings. The second-order valence-corrected chi connectivity index (χ2v) is 7.38. The van der Waals surface area contributed by atoms with Gasteiger partial charge >= 0.3 is 11.9 Å². The molecule has 0 rings (SSSR count). The molecule has 4 nitrogen and oxygen atoms in total. The van der Waals surface area contributed by atoms with Crippen LogP contribution in [-0.2, 0) is 19.1 Å². The lowest BCUT2D eigenvalue weighted by molar-refractivity contribution is -0.152. The first-order chi connectivity index (χ1) is 8.49. The zero-order valence-corrected chi connectivity index (χ0v) is 15.1. The normalized spacial score (nSPS) is 13.8. The molecule has 6 heteroatoms. The van der Waals surface area contributed by atoms with Crippen LogP contribution in [0.5, 0.6) is 0 Å². The third-order valence-electron chi connectivity index (χ3n) is 2.27. The van der Waals surface area contributed by atoms with Crippen molar-refractivity contribution in [3.8, 4) is 0 Å². The SMILES string of the molecule is CCC(I)CC(=O)OCCOC(=O)CC(I)CC. The van der Waals surface area contributed by atoms with Gasteiger partial charge in [0.1, 0.15) is 13.2 Å². The molecule has 0 aromatic rings. The van der Waals surface area contributed by atoms with Crippen molar-refractivity contribution in [2.45, 2.75) is 47.4 Å². The van der Waals surface area contributed by atoms with Gasteiger partial charge in [-0.3, -0.25) is 9.59 Å². The Balaban J connectivity index is 3.55. The van der Waals surface area contributed by atoms with Gasteiger partial charge in [0.2, 0.25) is 0 Å². The maximum absolute atomic E-state index is 11.3. The molecule has 0 N–H and O–H groups in total. The number of alkyl halides is 2. The lowest BCUT2D eigenvalue weighted by Crippen LogP contribution is -2.17. The molecule has 0 aliphatic heterocycles. The van der Waals surface area contributed by atoms with Crippen LogP contribution in [0.15, 0.2) is 0 Å². The lowest BCUT2D eigenvalue weighted by atomic mass is 10.2. The van der Waals surface area contributed by atoms with Gasteiger partial charge in [0.05, 0.1) is 12.8 Å². The maximum Gasteiger partial charge on any atom is 0.306 e. The van der Waals surface area contributed by atoms with Gasteiger partial charge in [-0.1, -0.05) is 59.0 Å². The first-order valence-corrected chi connectivity index (χ1v) is 8.58. The number of carbonyl (C=O) groups is 2. The van der Waals surface area contributed by atoms with Gasteiger partial charge in [0, 0.05) is 7.85 Å². The number of hydrogen-bond donors (Lipinski definition) is 0. The van der Waals surface area contributed by atoms with E-state index in [9.17, 15) is 9.59 Å². The summed E-state index contributed by atoms with van der Waals surface area (Å²) in [6, 6.07) is 0. The molecule has 0 bridgehead atoms. The minimum atomic E-state index is -0.229. The number of rotatable bonds is 9.